The second-order valence-corrected chi connectivity index (χ2v) is 3.30. The predicted molar refractivity (Wildman–Crippen MR) is 38.9 cm³/mol. The van der Waals surface area contributed by atoms with Gasteiger partial charge in [0, 0.05) is 6.42 Å². The van der Waals surface area contributed by atoms with Gasteiger partial charge >= 0.3 is 0 Å². The molecule has 0 radical (unpaired) electrons. The fraction of sp³-hybridized carbons (Fsp3) is 0.800. The second-order valence-electron chi connectivity index (χ2n) is 2.11. The Bertz CT molecular complexity index is 98.6. The normalized spacial score (nSPS) is 18.6. The first-order chi connectivity index (χ1) is 3.83. The Balaban J connectivity index is 2.07. The summed E-state index contributed by atoms with van der Waals surface area (Å²) < 4.78 is 0. The number of carbonyl (C=O) groups excluding carboxylic acids is 1. The number of hydrogen-bond donors (Lipinski definition) is 1. The van der Waals surface area contributed by atoms with E-state index < -0.39 is 0 Å². The fourth-order valence-corrected chi connectivity index (χ4v) is 1.13. The van der Waals surface area contributed by atoms with Crippen molar-refractivity contribution in [2.45, 2.75) is 19.3 Å². The molecule has 8 heavy (non-hydrogen) atoms. The molecule has 0 bridgehead atoms. The van der Waals surface area contributed by atoms with Crippen molar-refractivity contribution in [2.24, 2.45) is 5.92 Å². The van der Waals surface area contributed by atoms with Gasteiger partial charge in [-0.25, -0.2) is 0 Å². The molecule has 0 unspecified atom stereocenters. The quantitative estimate of drug-likeness (QED) is 0.476. The van der Waals surface area contributed by atoms with E-state index in [1.54, 1.807) is 0 Å². The van der Waals surface area contributed by atoms with Gasteiger partial charge in [-0.15, -0.1) is 11.7 Å². The van der Waals surface area contributed by atoms with Crippen LogP contribution < -0.4 is 0 Å². The fourth-order valence-electron chi connectivity index (χ4n) is 0.595. The Morgan fingerprint density at radius 2 is 2.38 bits per heavy atom. The van der Waals surface area contributed by atoms with Crippen molar-refractivity contribution >= 4 is 27.6 Å². The van der Waals surface area contributed by atoms with E-state index in [4.69, 9.17) is 0 Å². The third-order valence-corrected chi connectivity index (χ3v) is 2.24. The average Bonchev–Trinajstić information content (AvgIpc) is 2.50. The molecule has 1 aliphatic rings. The lowest BCUT2D eigenvalue weighted by Gasteiger charge is -1.88. The molecule has 1 saturated carbocycles. The predicted octanol–water partition coefficient (Wildman–Crippen LogP) is 1.89. The van der Waals surface area contributed by atoms with Crippen LogP contribution in [-0.4, -0.2) is 5.12 Å². The van der Waals surface area contributed by atoms with Crippen LogP contribution in [0.5, 0.6) is 0 Å². The summed E-state index contributed by atoms with van der Waals surface area (Å²) in [7, 11) is 1.05. The molecule has 46 valence electrons. The van der Waals surface area contributed by atoms with Crippen molar-refractivity contribution < 1.29 is 4.79 Å². The van der Waals surface area contributed by atoms with Crippen LogP contribution in [0.25, 0.3) is 0 Å². The molecule has 1 fully saturated rings. The van der Waals surface area contributed by atoms with E-state index in [0.29, 0.717) is 5.92 Å². The van der Waals surface area contributed by atoms with E-state index in [2.05, 4.69) is 11.7 Å². The lowest BCUT2D eigenvalue weighted by molar-refractivity contribution is -0.111. The van der Waals surface area contributed by atoms with Crippen molar-refractivity contribution in [3.05, 3.63) is 0 Å². The van der Waals surface area contributed by atoms with Gasteiger partial charge in [-0.2, -0.15) is 0 Å². The average molecular weight is 148 g/mol. The molecule has 0 aromatic heterocycles. The third-order valence-electron chi connectivity index (χ3n) is 1.25. The van der Waals surface area contributed by atoms with E-state index in [1.807, 2.05) is 0 Å². The van der Waals surface area contributed by atoms with Gasteiger partial charge in [-0.3, -0.25) is 4.79 Å². The summed E-state index contributed by atoms with van der Waals surface area (Å²) in [6, 6.07) is 0. The molecule has 0 saturated heterocycles. The molecule has 3 heteroatoms. The number of rotatable bonds is 2. The molecule has 1 aliphatic carbocycles. The maximum Gasteiger partial charge on any atom is 0.199 e. The molecular formula is C5H8OS2. The van der Waals surface area contributed by atoms with Crippen LogP contribution in [0.2, 0.25) is 0 Å². The van der Waals surface area contributed by atoms with Gasteiger partial charge in [0.15, 0.2) is 5.12 Å². The zero-order valence-electron chi connectivity index (χ0n) is 4.46. The van der Waals surface area contributed by atoms with Gasteiger partial charge in [-0.1, -0.05) is 0 Å². The van der Waals surface area contributed by atoms with Crippen LogP contribution >= 0.6 is 22.5 Å². The van der Waals surface area contributed by atoms with Crippen LogP contribution in [0, 0.1) is 5.92 Å². The first kappa shape index (κ1) is 6.49. The van der Waals surface area contributed by atoms with Crippen LogP contribution in [0.1, 0.15) is 19.3 Å². The van der Waals surface area contributed by atoms with Gasteiger partial charge < -0.3 is 0 Å². The summed E-state index contributed by atoms with van der Waals surface area (Å²) in [5.74, 6) is 0.710. The Morgan fingerprint density at radius 1 is 1.75 bits per heavy atom. The van der Waals surface area contributed by atoms with E-state index in [-0.39, 0.29) is 5.12 Å². The Hall–Kier alpha value is 0.370. The van der Waals surface area contributed by atoms with Crippen molar-refractivity contribution in [2.75, 3.05) is 0 Å². The molecule has 0 aromatic rings. The highest BCUT2D eigenvalue weighted by Gasteiger charge is 2.23. The molecule has 0 amide bonds. The molecule has 0 aliphatic heterocycles. The van der Waals surface area contributed by atoms with E-state index >= 15 is 0 Å². The number of hydrogen-bond acceptors (Lipinski definition) is 3. The number of carbonyl (C=O) groups is 1. The molecule has 0 aromatic carbocycles. The van der Waals surface area contributed by atoms with Gasteiger partial charge in [-0.05, 0) is 29.6 Å². The molecule has 0 spiro atoms. The maximum absolute atomic E-state index is 10.5. The minimum atomic E-state index is 0.218. The standard InChI is InChI=1S/C5H8OS2/c6-5(8-7)3-4-1-2-4/h4,7H,1-3H2. The summed E-state index contributed by atoms with van der Waals surface area (Å²) >= 11 is 3.79. The van der Waals surface area contributed by atoms with Gasteiger partial charge in [0.25, 0.3) is 0 Å². The molecular weight excluding hydrogens is 140 g/mol. The zero-order valence-corrected chi connectivity index (χ0v) is 6.17. The topological polar surface area (TPSA) is 17.1 Å². The highest BCUT2D eigenvalue weighted by molar-refractivity contribution is 8.74. The first-order valence-corrected chi connectivity index (χ1v) is 4.54. The van der Waals surface area contributed by atoms with Crippen LogP contribution in [0.3, 0.4) is 0 Å². The van der Waals surface area contributed by atoms with Crippen LogP contribution in [-0.2, 0) is 4.79 Å². The van der Waals surface area contributed by atoms with E-state index in [0.717, 1.165) is 17.2 Å². The monoisotopic (exact) mass is 148 g/mol. The van der Waals surface area contributed by atoms with E-state index in [9.17, 15) is 4.79 Å². The summed E-state index contributed by atoms with van der Waals surface area (Å²) in [6.45, 7) is 0. The Kier molecular flexibility index (Phi) is 2.26. The lowest BCUT2D eigenvalue weighted by Crippen LogP contribution is -1.87. The van der Waals surface area contributed by atoms with Crippen LogP contribution in [0.4, 0.5) is 0 Å². The Morgan fingerprint density at radius 3 is 2.75 bits per heavy atom. The van der Waals surface area contributed by atoms with Crippen molar-refractivity contribution in [3.8, 4) is 0 Å². The first-order valence-electron chi connectivity index (χ1n) is 2.67. The SMILES string of the molecule is O=C(CC1CC1)SS. The molecule has 1 rings (SSSR count). The minimum absolute atomic E-state index is 0.218. The summed E-state index contributed by atoms with van der Waals surface area (Å²) in [6.07, 6.45) is 3.24. The highest BCUT2D eigenvalue weighted by atomic mass is 33.1. The smallest absolute Gasteiger partial charge is 0.199 e. The Labute approximate surface area is 58.0 Å². The number of thiol groups is 1. The highest BCUT2D eigenvalue weighted by Crippen LogP contribution is 2.34. The van der Waals surface area contributed by atoms with Gasteiger partial charge in [0.05, 0.1) is 0 Å². The lowest BCUT2D eigenvalue weighted by atomic mass is 10.3. The summed E-state index contributed by atoms with van der Waals surface area (Å²) in [5, 5.41) is 0.218. The summed E-state index contributed by atoms with van der Waals surface area (Å²) in [4.78, 5) is 10.5. The zero-order chi connectivity index (χ0) is 5.98. The molecule has 0 atom stereocenters. The van der Waals surface area contributed by atoms with Crippen molar-refractivity contribution in [1.82, 2.24) is 0 Å². The van der Waals surface area contributed by atoms with Crippen molar-refractivity contribution in [1.29, 1.82) is 0 Å². The van der Waals surface area contributed by atoms with Gasteiger partial charge in [0.2, 0.25) is 0 Å². The van der Waals surface area contributed by atoms with Gasteiger partial charge in [0.1, 0.15) is 0 Å². The second kappa shape index (κ2) is 2.78. The minimum Gasteiger partial charge on any atom is -0.286 e. The maximum atomic E-state index is 10.5. The largest absolute Gasteiger partial charge is 0.286 e. The van der Waals surface area contributed by atoms with Crippen LogP contribution in [0.15, 0.2) is 0 Å². The third kappa shape index (κ3) is 2.09. The summed E-state index contributed by atoms with van der Waals surface area (Å²) in [5.41, 5.74) is 0. The molecule has 0 heterocycles. The van der Waals surface area contributed by atoms with E-state index in [1.165, 1.54) is 12.8 Å². The molecule has 0 N–H and O–H groups in total. The van der Waals surface area contributed by atoms with Crippen molar-refractivity contribution in [3.63, 3.8) is 0 Å². The molecule has 1 nitrogen and oxygen atoms in total.